The van der Waals surface area contributed by atoms with Crippen LogP contribution in [0.4, 0.5) is 10.1 Å². The monoisotopic (exact) mass is 383 g/mol. The molecule has 1 unspecified atom stereocenters. The van der Waals surface area contributed by atoms with Gasteiger partial charge in [-0.1, -0.05) is 28.1 Å². The Balaban J connectivity index is 1.91. The maximum absolute atomic E-state index is 13.3. The van der Waals surface area contributed by atoms with Gasteiger partial charge in [-0.25, -0.2) is 4.39 Å². The predicted molar refractivity (Wildman–Crippen MR) is 82.9 cm³/mol. The number of nitrogens with one attached hydrogen (secondary N) is 1. The number of anilines is 1. The van der Waals surface area contributed by atoms with Crippen molar-refractivity contribution < 1.29 is 4.39 Å². The van der Waals surface area contributed by atoms with Gasteiger partial charge in [-0.3, -0.25) is 0 Å². The number of hydrogen-bond acceptors (Lipinski definition) is 1. The van der Waals surface area contributed by atoms with Crippen molar-refractivity contribution in [3.05, 3.63) is 62.3 Å². The van der Waals surface area contributed by atoms with E-state index in [0.717, 1.165) is 27.5 Å². The molecular formula is C15H12Br2FN. The van der Waals surface area contributed by atoms with E-state index in [0.29, 0.717) is 0 Å². The molecule has 1 aliphatic carbocycles. The van der Waals surface area contributed by atoms with Crippen molar-refractivity contribution in [3.8, 4) is 0 Å². The van der Waals surface area contributed by atoms with E-state index in [2.05, 4.69) is 49.3 Å². The first-order valence-corrected chi connectivity index (χ1v) is 7.72. The fraction of sp³-hybridized carbons (Fsp3) is 0.200. The molecule has 0 saturated heterocycles. The van der Waals surface area contributed by atoms with Crippen LogP contribution >= 0.6 is 31.9 Å². The quantitative estimate of drug-likeness (QED) is 0.725. The van der Waals surface area contributed by atoms with Gasteiger partial charge in [-0.2, -0.15) is 0 Å². The van der Waals surface area contributed by atoms with Gasteiger partial charge in [-0.15, -0.1) is 0 Å². The van der Waals surface area contributed by atoms with Gasteiger partial charge in [0.1, 0.15) is 5.82 Å². The van der Waals surface area contributed by atoms with Crippen molar-refractivity contribution in [3.63, 3.8) is 0 Å². The van der Waals surface area contributed by atoms with Gasteiger partial charge in [0, 0.05) is 8.95 Å². The van der Waals surface area contributed by atoms with E-state index in [1.165, 1.54) is 23.3 Å². The van der Waals surface area contributed by atoms with E-state index in [4.69, 9.17) is 0 Å². The summed E-state index contributed by atoms with van der Waals surface area (Å²) in [5.74, 6) is -0.224. The van der Waals surface area contributed by atoms with E-state index in [-0.39, 0.29) is 11.9 Å². The van der Waals surface area contributed by atoms with Crippen LogP contribution in [0.5, 0.6) is 0 Å². The molecule has 0 bridgehead atoms. The molecule has 0 saturated carbocycles. The summed E-state index contributed by atoms with van der Waals surface area (Å²) in [6.45, 7) is 0. The zero-order chi connectivity index (χ0) is 13.4. The second-order valence-corrected chi connectivity index (χ2v) is 6.38. The summed E-state index contributed by atoms with van der Waals surface area (Å²) >= 11 is 7.04. The van der Waals surface area contributed by atoms with Crippen molar-refractivity contribution in [2.24, 2.45) is 0 Å². The second kappa shape index (κ2) is 5.25. The van der Waals surface area contributed by atoms with E-state index in [9.17, 15) is 4.39 Å². The summed E-state index contributed by atoms with van der Waals surface area (Å²) in [6.07, 6.45) is 2.07. The highest BCUT2D eigenvalue weighted by atomic mass is 79.9. The Morgan fingerprint density at radius 1 is 1.11 bits per heavy atom. The van der Waals surface area contributed by atoms with Crippen LogP contribution < -0.4 is 5.32 Å². The summed E-state index contributed by atoms with van der Waals surface area (Å²) in [7, 11) is 0. The molecule has 19 heavy (non-hydrogen) atoms. The van der Waals surface area contributed by atoms with Gasteiger partial charge >= 0.3 is 0 Å². The molecule has 0 fully saturated rings. The molecule has 98 valence electrons. The standard InChI is InChI=1S/C15H12Br2FN/c16-12-3-1-2-11-10(12)5-7-14(11)19-15-8-9(18)4-6-13(15)17/h1-4,6,8,14,19H,5,7H2. The lowest BCUT2D eigenvalue weighted by atomic mass is 10.1. The Kier molecular flexibility index (Phi) is 3.63. The van der Waals surface area contributed by atoms with Crippen LogP contribution in [0.3, 0.4) is 0 Å². The van der Waals surface area contributed by atoms with Gasteiger partial charge in [0.05, 0.1) is 11.7 Å². The molecule has 1 aliphatic rings. The maximum atomic E-state index is 13.3. The topological polar surface area (TPSA) is 12.0 Å². The highest BCUT2D eigenvalue weighted by molar-refractivity contribution is 9.10. The number of fused-ring (bicyclic) bond motifs is 1. The zero-order valence-electron chi connectivity index (χ0n) is 10.1. The van der Waals surface area contributed by atoms with Crippen LogP contribution in [0, 0.1) is 5.82 Å². The minimum Gasteiger partial charge on any atom is -0.377 e. The smallest absolute Gasteiger partial charge is 0.125 e. The lowest BCUT2D eigenvalue weighted by Crippen LogP contribution is -2.07. The molecule has 0 radical (unpaired) electrons. The average Bonchev–Trinajstić information content (AvgIpc) is 2.79. The Hall–Kier alpha value is -0.870. The fourth-order valence-electron chi connectivity index (χ4n) is 2.56. The van der Waals surface area contributed by atoms with E-state index >= 15 is 0 Å². The normalized spacial score (nSPS) is 17.3. The Bertz CT molecular complexity index is 628. The third-order valence-corrected chi connectivity index (χ3v) is 4.91. The molecule has 1 nitrogen and oxygen atoms in total. The van der Waals surface area contributed by atoms with Gasteiger partial charge in [-0.05, 0) is 64.2 Å². The highest BCUT2D eigenvalue weighted by Gasteiger charge is 2.24. The van der Waals surface area contributed by atoms with Gasteiger partial charge < -0.3 is 5.32 Å². The van der Waals surface area contributed by atoms with E-state index < -0.39 is 0 Å². The second-order valence-electron chi connectivity index (χ2n) is 4.67. The molecule has 0 spiro atoms. The summed E-state index contributed by atoms with van der Waals surface area (Å²) in [6, 6.07) is 11.2. The lowest BCUT2D eigenvalue weighted by molar-refractivity contribution is 0.627. The minimum atomic E-state index is -0.224. The van der Waals surface area contributed by atoms with Crippen LogP contribution in [-0.2, 0) is 6.42 Å². The van der Waals surface area contributed by atoms with Crippen LogP contribution in [0.2, 0.25) is 0 Å². The number of hydrogen-bond donors (Lipinski definition) is 1. The molecule has 0 aromatic heterocycles. The first kappa shape index (κ1) is 13.1. The van der Waals surface area contributed by atoms with E-state index in [1.54, 1.807) is 6.07 Å². The van der Waals surface area contributed by atoms with Crippen molar-refractivity contribution in [1.82, 2.24) is 0 Å². The number of halogens is 3. The first-order valence-electron chi connectivity index (χ1n) is 6.14. The third kappa shape index (κ3) is 2.56. The summed E-state index contributed by atoms with van der Waals surface area (Å²) in [4.78, 5) is 0. The molecule has 3 rings (SSSR count). The molecule has 4 heteroatoms. The van der Waals surface area contributed by atoms with Crippen molar-refractivity contribution in [2.75, 3.05) is 5.32 Å². The number of benzene rings is 2. The van der Waals surface area contributed by atoms with Crippen LogP contribution in [0.15, 0.2) is 45.3 Å². The number of rotatable bonds is 2. The summed E-state index contributed by atoms with van der Waals surface area (Å²) in [5, 5.41) is 3.43. The zero-order valence-corrected chi connectivity index (χ0v) is 13.3. The molecule has 0 aliphatic heterocycles. The molecule has 0 amide bonds. The van der Waals surface area contributed by atoms with E-state index in [1.807, 2.05) is 6.07 Å². The fourth-order valence-corrected chi connectivity index (χ4v) is 3.50. The Labute approximate surface area is 128 Å². The predicted octanol–water partition coefficient (Wildman–Crippen LogP) is 5.45. The molecule has 0 heterocycles. The molecular weight excluding hydrogens is 373 g/mol. The third-order valence-electron chi connectivity index (χ3n) is 3.47. The SMILES string of the molecule is Fc1ccc(Br)c(NC2CCc3c(Br)cccc32)c1. The van der Waals surface area contributed by atoms with Gasteiger partial charge in [0.15, 0.2) is 0 Å². The lowest BCUT2D eigenvalue weighted by Gasteiger charge is -2.17. The first-order chi connectivity index (χ1) is 9.15. The Morgan fingerprint density at radius 3 is 2.79 bits per heavy atom. The van der Waals surface area contributed by atoms with Crippen molar-refractivity contribution in [1.29, 1.82) is 0 Å². The van der Waals surface area contributed by atoms with Crippen LogP contribution in [-0.4, -0.2) is 0 Å². The van der Waals surface area contributed by atoms with Crippen molar-refractivity contribution in [2.45, 2.75) is 18.9 Å². The average molecular weight is 385 g/mol. The van der Waals surface area contributed by atoms with Crippen LogP contribution in [0.25, 0.3) is 0 Å². The van der Waals surface area contributed by atoms with Crippen LogP contribution in [0.1, 0.15) is 23.6 Å². The van der Waals surface area contributed by atoms with Gasteiger partial charge in [0.2, 0.25) is 0 Å². The van der Waals surface area contributed by atoms with Gasteiger partial charge in [0.25, 0.3) is 0 Å². The minimum absolute atomic E-state index is 0.224. The summed E-state index contributed by atoms with van der Waals surface area (Å²) in [5.41, 5.74) is 3.45. The maximum Gasteiger partial charge on any atom is 0.125 e. The molecule has 2 aromatic rings. The largest absolute Gasteiger partial charge is 0.377 e. The molecule has 1 atom stereocenters. The molecule has 2 aromatic carbocycles. The van der Waals surface area contributed by atoms with Crippen molar-refractivity contribution >= 4 is 37.5 Å². The highest BCUT2D eigenvalue weighted by Crippen LogP contribution is 2.38. The molecule has 1 N–H and O–H groups in total. The summed E-state index contributed by atoms with van der Waals surface area (Å²) < 4.78 is 15.4. The Morgan fingerprint density at radius 2 is 1.95 bits per heavy atom.